The zero-order valence-electron chi connectivity index (χ0n) is 15.8. The highest BCUT2D eigenvalue weighted by Crippen LogP contribution is 2.18. The third kappa shape index (κ3) is 4.27. The van der Waals surface area contributed by atoms with E-state index in [0.29, 0.717) is 11.1 Å². The van der Waals surface area contributed by atoms with E-state index < -0.39 is 5.54 Å². The molecule has 0 radical (unpaired) electrons. The van der Waals surface area contributed by atoms with Gasteiger partial charge in [-0.3, -0.25) is 15.0 Å². The van der Waals surface area contributed by atoms with Crippen LogP contribution in [0.4, 0.5) is 0 Å². The van der Waals surface area contributed by atoms with Crippen molar-refractivity contribution < 1.29 is 9.59 Å². The van der Waals surface area contributed by atoms with Crippen LogP contribution in [-0.2, 0) is 0 Å². The van der Waals surface area contributed by atoms with E-state index in [2.05, 4.69) is 5.43 Å². The van der Waals surface area contributed by atoms with Crippen LogP contribution in [0.15, 0.2) is 42.5 Å². The number of nitrogens with zero attached hydrogens (tertiary/aromatic N) is 1. The van der Waals surface area contributed by atoms with Crippen LogP contribution in [-0.4, -0.2) is 22.4 Å². The highest BCUT2D eigenvalue weighted by atomic mass is 16.2. The van der Waals surface area contributed by atoms with E-state index in [9.17, 15) is 9.59 Å². The van der Waals surface area contributed by atoms with Crippen LogP contribution in [0.1, 0.15) is 58.2 Å². The lowest BCUT2D eigenvalue weighted by molar-refractivity contribution is 0.0358. The zero-order valence-corrected chi connectivity index (χ0v) is 15.8. The monoisotopic (exact) mass is 338 g/mol. The Kier molecular flexibility index (Phi) is 5.31. The molecular formula is C21H26N2O2. The van der Waals surface area contributed by atoms with Crippen LogP contribution in [0.25, 0.3) is 0 Å². The molecule has 0 spiro atoms. The van der Waals surface area contributed by atoms with Crippen LogP contribution >= 0.6 is 0 Å². The van der Waals surface area contributed by atoms with E-state index in [1.165, 1.54) is 5.01 Å². The molecule has 0 saturated carbocycles. The number of hydrogen-bond acceptors (Lipinski definition) is 2. The molecule has 2 aromatic rings. The predicted octanol–water partition coefficient (Wildman–Crippen LogP) is 4.20. The molecule has 0 atom stereocenters. The Morgan fingerprint density at radius 2 is 1.48 bits per heavy atom. The second-order valence-electron chi connectivity index (χ2n) is 7.39. The van der Waals surface area contributed by atoms with Gasteiger partial charge in [-0.05, 0) is 64.8 Å². The predicted molar refractivity (Wildman–Crippen MR) is 100 cm³/mol. The zero-order chi connectivity index (χ0) is 18.8. The first-order valence-corrected chi connectivity index (χ1v) is 8.39. The van der Waals surface area contributed by atoms with Crippen LogP contribution in [0.3, 0.4) is 0 Å². The molecule has 0 fully saturated rings. The Hall–Kier alpha value is -2.62. The third-order valence-corrected chi connectivity index (χ3v) is 4.06. The van der Waals surface area contributed by atoms with Gasteiger partial charge < -0.3 is 0 Å². The van der Waals surface area contributed by atoms with Crippen LogP contribution in [0.5, 0.6) is 0 Å². The van der Waals surface area contributed by atoms with Crippen LogP contribution < -0.4 is 5.43 Å². The van der Waals surface area contributed by atoms with E-state index in [1.807, 2.05) is 77.9 Å². The van der Waals surface area contributed by atoms with Crippen molar-refractivity contribution >= 4 is 11.8 Å². The lowest BCUT2D eigenvalue weighted by atomic mass is 10.0. The standard InChI is InChI=1S/C21H26N2O2/c1-14-9-7-12-17(13-14)20(25)23(21(4,5)6)22-19(24)18-15(2)10-8-11-16(18)3/h7-13H,1-6H3,(H,22,24). The number of carbonyl (C=O) groups is 2. The lowest BCUT2D eigenvalue weighted by Crippen LogP contribution is -2.56. The molecule has 2 amide bonds. The Labute approximate surface area is 149 Å². The Morgan fingerprint density at radius 3 is 2.00 bits per heavy atom. The molecule has 0 heterocycles. The maximum atomic E-state index is 13.0. The summed E-state index contributed by atoms with van der Waals surface area (Å²) in [4.78, 5) is 25.8. The van der Waals surface area contributed by atoms with Crippen molar-refractivity contribution in [2.75, 3.05) is 0 Å². The van der Waals surface area contributed by atoms with E-state index in [4.69, 9.17) is 0 Å². The number of hydrogen-bond donors (Lipinski definition) is 1. The summed E-state index contributed by atoms with van der Waals surface area (Å²) in [7, 11) is 0. The van der Waals surface area contributed by atoms with Gasteiger partial charge in [0, 0.05) is 11.1 Å². The highest BCUT2D eigenvalue weighted by Gasteiger charge is 2.30. The molecule has 1 N–H and O–H groups in total. The van der Waals surface area contributed by atoms with Gasteiger partial charge in [0.25, 0.3) is 11.8 Å². The van der Waals surface area contributed by atoms with Gasteiger partial charge in [-0.1, -0.05) is 35.9 Å². The van der Waals surface area contributed by atoms with Gasteiger partial charge >= 0.3 is 0 Å². The number of benzene rings is 2. The molecule has 0 aliphatic rings. The van der Waals surface area contributed by atoms with Crippen LogP contribution in [0.2, 0.25) is 0 Å². The van der Waals surface area contributed by atoms with Crippen molar-refractivity contribution in [3.05, 3.63) is 70.3 Å². The van der Waals surface area contributed by atoms with Crippen molar-refractivity contribution in [3.8, 4) is 0 Å². The fraction of sp³-hybridized carbons (Fsp3) is 0.333. The first-order chi connectivity index (χ1) is 11.6. The number of carbonyl (C=O) groups excluding carboxylic acids is 2. The molecular weight excluding hydrogens is 312 g/mol. The van der Waals surface area contributed by atoms with Gasteiger partial charge in [-0.25, -0.2) is 5.01 Å². The van der Waals surface area contributed by atoms with Gasteiger partial charge in [-0.15, -0.1) is 0 Å². The average Bonchev–Trinajstić information content (AvgIpc) is 2.50. The number of nitrogens with one attached hydrogen (secondary N) is 1. The number of aryl methyl sites for hydroxylation is 3. The lowest BCUT2D eigenvalue weighted by Gasteiger charge is -2.35. The average molecular weight is 338 g/mol. The quantitative estimate of drug-likeness (QED) is 0.835. The second kappa shape index (κ2) is 7.09. The molecule has 0 unspecified atom stereocenters. The van der Waals surface area contributed by atoms with Crippen molar-refractivity contribution in [2.45, 2.75) is 47.1 Å². The molecule has 2 rings (SSSR count). The minimum atomic E-state index is -0.562. The summed E-state index contributed by atoms with van der Waals surface area (Å²) in [5.41, 5.74) is 6.18. The molecule has 132 valence electrons. The van der Waals surface area contributed by atoms with Gasteiger partial charge in [0.15, 0.2) is 0 Å². The summed E-state index contributed by atoms with van der Waals surface area (Å²) in [6, 6.07) is 13.1. The minimum Gasteiger partial charge on any atom is -0.267 e. The topological polar surface area (TPSA) is 49.4 Å². The Morgan fingerprint density at radius 1 is 0.920 bits per heavy atom. The highest BCUT2D eigenvalue weighted by molar-refractivity contribution is 6.00. The molecule has 0 saturated heterocycles. The summed E-state index contributed by atoms with van der Waals surface area (Å²) in [5.74, 6) is -0.498. The Balaban J connectivity index is 2.36. The number of hydrazine groups is 1. The molecule has 0 aliphatic carbocycles. The maximum Gasteiger partial charge on any atom is 0.272 e. The number of rotatable bonds is 2. The van der Waals surface area contributed by atoms with E-state index in [-0.39, 0.29) is 11.8 Å². The van der Waals surface area contributed by atoms with E-state index >= 15 is 0 Å². The van der Waals surface area contributed by atoms with Crippen molar-refractivity contribution in [1.29, 1.82) is 0 Å². The summed E-state index contributed by atoms with van der Waals surface area (Å²) in [6.45, 7) is 11.4. The largest absolute Gasteiger partial charge is 0.272 e. The Bertz CT molecular complexity index is 784. The van der Waals surface area contributed by atoms with Crippen LogP contribution in [0, 0.1) is 20.8 Å². The summed E-state index contributed by atoms with van der Waals surface area (Å²) in [5, 5.41) is 1.41. The fourth-order valence-electron chi connectivity index (χ4n) is 2.76. The van der Waals surface area contributed by atoms with Crippen molar-refractivity contribution in [2.24, 2.45) is 0 Å². The SMILES string of the molecule is Cc1cccc(C(=O)N(NC(=O)c2c(C)cccc2C)C(C)(C)C)c1. The summed E-state index contributed by atoms with van der Waals surface area (Å²) < 4.78 is 0. The van der Waals surface area contributed by atoms with E-state index in [0.717, 1.165) is 16.7 Å². The van der Waals surface area contributed by atoms with Gasteiger partial charge in [0.1, 0.15) is 0 Å². The molecule has 4 nitrogen and oxygen atoms in total. The maximum absolute atomic E-state index is 13.0. The summed E-state index contributed by atoms with van der Waals surface area (Å²) >= 11 is 0. The third-order valence-electron chi connectivity index (χ3n) is 4.06. The molecule has 2 aromatic carbocycles. The molecule has 25 heavy (non-hydrogen) atoms. The summed E-state index contributed by atoms with van der Waals surface area (Å²) in [6.07, 6.45) is 0. The minimum absolute atomic E-state index is 0.226. The second-order valence-corrected chi connectivity index (χ2v) is 7.39. The van der Waals surface area contributed by atoms with Gasteiger partial charge in [0.2, 0.25) is 0 Å². The smallest absolute Gasteiger partial charge is 0.267 e. The molecule has 0 bridgehead atoms. The molecule has 0 aromatic heterocycles. The van der Waals surface area contributed by atoms with Gasteiger partial charge in [-0.2, -0.15) is 0 Å². The first-order valence-electron chi connectivity index (χ1n) is 8.39. The fourth-order valence-corrected chi connectivity index (χ4v) is 2.76. The molecule has 4 heteroatoms. The van der Waals surface area contributed by atoms with Crippen molar-refractivity contribution in [1.82, 2.24) is 10.4 Å². The van der Waals surface area contributed by atoms with E-state index in [1.54, 1.807) is 6.07 Å². The normalized spacial score (nSPS) is 11.1. The molecule has 0 aliphatic heterocycles. The number of amides is 2. The first kappa shape index (κ1) is 18.7. The van der Waals surface area contributed by atoms with Crippen molar-refractivity contribution in [3.63, 3.8) is 0 Å². The van der Waals surface area contributed by atoms with Gasteiger partial charge in [0.05, 0.1) is 5.54 Å².